The molecule has 0 saturated heterocycles. The van der Waals surface area contributed by atoms with E-state index in [0.717, 1.165) is 31.7 Å². The van der Waals surface area contributed by atoms with Gasteiger partial charge in [-0.2, -0.15) is 4.98 Å². The Bertz CT molecular complexity index is 540. The highest BCUT2D eigenvalue weighted by Crippen LogP contribution is 2.31. The summed E-state index contributed by atoms with van der Waals surface area (Å²) < 4.78 is 10.8. The fourth-order valence-electron chi connectivity index (χ4n) is 3.84. The molecule has 0 amide bonds. The topological polar surface area (TPSA) is 77.2 Å². The van der Waals surface area contributed by atoms with E-state index in [2.05, 4.69) is 22.4 Å². The van der Waals surface area contributed by atoms with Gasteiger partial charge in [0.2, 0.25) is 5.89 Å². The first kappa shape index (κ1) is 29.6. The van der Waals surface area contributed by atoms with Crippen molar-refractivity contribution in [2.45, 2.75) is 131 Å². The van der Waals surface area contributed by atoms with Crippen LogP contribution in [0.2, 0.25) is 0 Å². The molecule has 1 atom stereocenters. The molecule has 0 unspecified atom stereocenters. The molecule has 1 N–H and O–H groups in total. The lowest BCUT2D eigenvalue weighted by molar-refractivity contribution is -0.148. The van der Waals surface area contributed by atoms with Crippen LogP contribution in [0.5, 0.6) is 0 Å². The molecule has 1 fully saturated rings. The zero-order chi connectivity index (χ0) is 23.5. The number of ether oxygens (including phenoxy) is 1. The van der Waals surface area contributed by atoms with E-state index in [9.17, 15) is 4.79 Å². The third-order valence-electron chi connectivity index (χ3n) is 5.21. The van der Waals surface area contributed by atoms with E-state index in [0.29, 0.717) is 24.7 Å². The SMILES string of the molecule is CC.CC.CCCNCc1noc([C@H](CCCC2CCCCC2)CC(=O)OC(C)C)n1. The summed E-state index contributed by atoms with van der Waals surface area (Å²) in [5.74, 6) is 1.85. The summed E-state index contributed by atoms with van der Waals surface area (Å²) in [6, 6.07) is 0. The summed E-state index contributed by atoms with van der Waals surface area (Å²) in [5, 5.41) is 7.35. The second-order valence-corrected chi connectivity index (χ2v) is 8.10. The molecule has 1 heterocycles. The van der Waals surface area contributed by atoms with Gasteiger partial charge >= 0.3 is 5.97 Å². The van der Waals surface area contributed by atoms with Crippen LogP contribution in [0.1, 0.15) is 130 Å². The van der Waals surface area contributed by atoms with Crippen molar-refractivity contribution in [3.63, 3.8) is 0 Å². The number of hydrogen-bond donors (Lipinski definition) is 1. The van der Waals surface area contributed by atoms with Crippen LogP contribution in [-0.2, 0) is 16.1 Å². The average Bonchev–Trinajstić information content (AvgIpc) is 3.25. The smallest absolute Gasteiger partial charge is 0.306 e. The average molecular weight is 440 g/mol. The first-order chi connectivity index (χ1) is 15.1. The third-order valence-corrected chi connectivity index (χ3v) is 5.21. The van der Waals surface area contributed by atoms with Gasteiger partial charge in [0, 0.05) is 5.92 Å². The van der Waals surface area contributed by atoms with Gasteiger partial charge in [-0.25, -0.2) is 0 Å². The van der Waals surface area contributed by atoms with Crippen molar-refractivity contribution in [2.75, 3.05) is 6.54 Å². The molecule has 0 bridgehead atoms. The van der Waals surface area contributed by atoms with Gasteiger partial charge in [-0.3, -0.25) is 4.79 Å². The van der Waals surface area contributed by atoms with Crippen LogP contribution < -0.4 is 5.32 Å². The summed E-state index contributed by atoms with van der Waals surface area (Å²) in [7, 11) is 0. The van der Waals surface area contributed by atoms with E-state index in [-0.39, 0.29) is 18.0 Å². The molecule has 1 aromatic heterocycles. The Hall–Kier alpha value is -1.43. The van der Waals surface area contributed by atoms with Crippen LogP contribution in [0.15, 0.2) is 4.52 Å². The van der Waals surface area contributed by atoms with Crippen molar-refractivity contribution in [1.82, 2.24) is 15.5 Å². The molecule has 1 aliphatic rings. The van der Waals surface area contributed by atoms with E-state index < -0.39 is 0 Å². The highest BCUT2D eigenvalue weighted by Gasteiger charge is 2.24. The lowest BCUT2D eigenvalue weighted by Gasteiger charge is -2.22. The molecule has 0 spiro atoms. The molecule has 31 heavy (non-hydrogen) atoms. The molecule has 1 saturated carbocycles. The van der Waals surface area contributed by atoms with Gasteiger partial charge in [0.1, 0.15) is 0 Å². The molecule has 0 radical (unpaired) electrons. The van der Waals surface area contributed by atoms with E-state index in [1.807, 2.05) is 41.5 Å². The molecule has 1 aromatic rings. The van der Waals surface area contributed by atoms with Gasteiger partial charge in [0.25, 0.3) is 0 Å². The van der Waals surface area contributed by atoms with Crippen molar-refractivity contribution in [1.29, 1.82) is 0 Å². The molecular weight excluding hydrogens is 390 g/mol. The molecule has 182 valence electrons. The Kier molecular flexibility index (Phi) is 18.4. The maximum absolute atomic E-state index is 12.2. The molecular formula is C25H49N3O3. The van der Waals surface area contributed by atoms with E-state index in [1.165, 1.54) is 38.5 Å². The number of carbonyl (C=O) groups is 1. The lowest BCUT2D eigenvalue weighted by Crippen LogP contribution is -2.16. The first-order valence-electron chi connectivity index (χ1n) is 12.8. The van der Waals surface area contributed by atoms with Crippen LogP contribution in [0, 0.1) is 5.92 Å². The van der Waals surface area contributed by atoms with Gasteiger partial charge in [0.05, 0.1) is 19.1 Å². The third kappa shape index (κ3) is 13.6. The van der Waals surface area contributed by atoms with Crippen LogP contribution in [0.4, 0.5) is 0 Å². The Morgan fingerprint density at radius 1 is 1.16 bits per heavy atom. The Balaban J connectivity index is 0.00000212. The summed E-state index contributed by atoms with van der Waals surface area (Å²) in [4.78, 5) is 16.7. The van der Waals surface area contributed by atoms with Crippen molar-refractivity contribution in [3.05, 3.63) is 11.7 Å². The largest absolute Gasteiger partial charge is 0.463 e. The zero-order valence-electron chi connectivity index (χ0n) is 21.3. The predicted molar refractivity (Wildman–Crippen MR) is 128 cm³/mol. The minimum atomic E-state index is -0.184. The highest BCUT2D eigenvalue weighted by atomic mass is 16.5. The molecule has 0 aliphatic heterocycles. The van der Waals surface area contributed by atoms with Gasteiger partial charge < -0.3 is 14.6 Å². The molecule has 2 rings (SSSR count). The Labute approximate surface area is 191 Å². The van der Waals surface area contributed by atoms with Crippen LogP contribution >= 0.6 is 0 Å². The second-order valence-electron chi connectivity index (χ2n) is 8.10. The van der Waals surface area contributed by atoms with Crippen LogP contribution in [0.25, 0.3) is 0 Å². The fourth-order valence-corrected chi connectivity index (χ4v) is 3.84. The molecule has 6 heteroatoms. The molecule has 0 aromatic carbocycles. The number of carbonyl (C=O) groups excluding carboxylic acids is 1. The number of nitrogens with one attached hydrogen (secondary N) is 1. The normalized spacial score (nSPS) is 14.8. The monoisotopic (exact) mass is 439 g/mol. The van der Waals surface area contributed by atoms with Gasteiger partial charge in [-0.1, -0.05) is 84.7 Å². The van der Waals surface area contributed by atoms with Crippen molar-refractivity contribution in [2.24, 2.45) is 5.92 Å². The standard InChI is InChI=1S/C21H37N3O3.2C2H6/c1-4-13-22-15-19-23-21(27-24-19)18(14-20(25)26-16(2)3)12-8-11-17-9-6-5-7-10-17;2*1-2/h16-18,22H,4-15H2,1-3H3;2*1-2H3/t18-;;/m1../s1. The number of rotatable bonds is 12. The van der Waals surface area contributed by atoms with Crippen molar-refractivity contribution < 1.29 is 14.1 Å². The van der Waals surface area contributed by atoms with Crippen LogP contribution in [0.3, 0.4) is 0 Å². The maximum atomic E-state index is 12.2. The fraction of sp³-hybridized carbons (Fsp3) is 0.880. The number of aromatic nitrogens is 2. The predicted octanol–water partition coefficient (Wildman–Crippen LogP) is 6.80. The summed E-state index contributed by atoms with van der Waals surface area (Å²) >= 11 is 0. The zero-order valence-corrected chi connectivity index (χ0v) is 21.3. The minimum Gasteiger partial charge on any atom is -0.463 e. The van der Waals surface area contributed by atoms with Gasteiger partial charge in [-0.05, 0) is 39.2 Å². The van der Waals surface area contributed by atoms with E-state index in [4.69, 9.17) is 9.26 Å². The van der Waals surface area contributed by atoms with E-state index >= 15 is 0 Å². The number of nitrogens with zero attached hydrogens (tertiary/aromatic N) is 2. The first-order valence-corrected chi connectivity index (χ1v) is 12.8. The van der Waals surface area contributed by atoms with Crippen molar-refractivity contribution >= 4 is 5.97 Å². The summed E-state index contributed by atoms with van der Waals surface area (Å²) in [6.07, 6.45) is 11.3. The number of hydrogen-bond acceptors (Lipinski definition) is 6. The summed E-state index contributed by atoms with van der Waals surface area (Å²) in [5.41, 5.74) is 0. The minimum absolute atomic E-state index is 0.0488. The van der Waals surface area contributed by atoms with E-state index in [1.54, 1.807) is 0 Å². The Morgan fingerprint density at radius 3 is 2.45 bits per heavy atom. The summed E-state index contributed by atoms with van der Waals surface area (Å²) in [6.45, 7) is 15.4. The molecule has 1 aliphatic carbocycles. The highest BCUT2D eigenvalue weighted by molar-refractivity contribution is 5.70. The Morgan fingerprint density at radius 2 is 1.84 bits per heavy atom. The van der Waals surface area contributed by atoms with Gasteiger partial charge in [-0.15, -0.1) is 0 Å². The second kappa shape index (κ2) is 19.3. The van der Waals surface area contributed by atoms with Gasteiger partial charge in [0.15, 0.2) is 5.82 Å². The molecule has 6 nitrogen and oxygen atoms in total. The van der Waals surface area contributed by atoms with Crippen molar-refractivity contribution in [3.8, 4) is 0 Å². The lowest BCUT2D eigenvalue weighted by atomic mass is 9.84. The quantitative estimate of drug-likeness (QED) is 0.285. The maximum Gasteiger partial charge on any atom is 0.306 e. The number of esters is 1. The van der Waals surface area contributed by atoms with Crippen LogP contribution in [-0.4, -0.2) is 28.8 Å².